The SMILES string of the molecule is Cc1cc(NC(=O)/C=C/c2ccc(SC(F)(F)F)cc2)n([C@@H]2CCS(=O)(=O)C2)n1. The van der Waals surface area contributed by atoms with E-state index in [4.69, 9.17) is 0 Å². The Morgan fingerprint density at radius 1 is 1.31 bits per heavy atom. The normalized spacial score (nSPS) is 19.0. The number of hydrogen-bond donors (Lipinski definition) is 1. The minimum absolute atomic E-state index is 0.0187. The molecule has 1 aliphatic heterocycles. The number of thioether (sulfide) groups is 1. The lowest BCUT2D eigenvalue weighted by molar-refractivity contribution is -0.111. The van der Waals surface area contributed by atoms with Crippen LogP contribution in [0.3, 0.4) is 0 Å². The number of halogens is 3. The number of aromatic nitrogens is 2. The van der Waals surface area contributed by atoms with Gasteiger partial charge in [-0.1, -0.05) is 12.1 Å². The van der Waals surface area contributed by atoms with Gasteiger partial charge in [-0.3, -0.25) is 4.79 Å². The topological polar surface area (TPSA) is 81.1 Å². The summed E-state index contributed by atoms with van der Waals surface area (Å²) in [4.78, 5) is 12.3. The van der Waals surface area contributed by atoms with Gasteiger partial charge in [0.1, 0.15) is 5.82 Å². The number of aryl methyl sites for hydroxylation is 1. The van der Waals surface area contributed by atoms with Crippen molar-refractivity contribution in [1.82, 2.24) is 9.78 Å². The molecule has 156 valence electrons. The molecule has 0 spiro atoms. The molecule has 1 aromatic heterocycles. The van der Waals surface area contributed by atoms with E-state index in [2.05, 4.69) is 10.4 Å². The van der Waals surface area contributed by atoms with E-state index in [9.17, 15) is 26.4 Å². The van der Waals surface area contributed by atoms with Gasteiger partial charge in [0, 0.05) is 17.0 Å². The maximum atomic E-state index is 12.3. The predicted octanol–water partition coefficient (Wildman–Crippen LogP) is 3.81. The van der Waals surface area contributed by atoms with Gasteiger partial charge >= 0.3 is 5.51 Å². The van der Waals surface area contributed by atoms with Crippen LogP contribution in [-0.2, 0) is 14.6 Å². The summed E-state index contributed by atoms with van der Waals surface area (Å²) in [6.07, 6.45) is 3.17. The number of carbonyl (C=O) groups excluding carboxylic acids is 1. The van der Waals surface area contributed by atoms with Crippen molar-refractivity contribution < 1.29 is 26.4 Å². The monoisotopic (exact) mass is 445 g/mol. The van der Waals surface area contributed by atoms with Crippen molar-refractivity contribution in [1.29, 1.82) is 0 Å². The average Bonchev–Trinajstić information content (AvgIpc) is 3.14. The molecule has 1 aliphatic rings. The van der Waals surface area contributed by atoms with Crippen molar-refractivity contribution in [3.8, 4) is 0 Å². The Hall–Kier alpha value is -2.27. The van der Waals surface area contributed by atoms with Gasteiger partial charge in [-0.25, -0.2) is 13.1 Å². The number of nitrogens with one attached hydrogen (secondary N) is 1. The van der Waals surface area contributed by atoms with Crippen molar-refractivity contribution in [2.24, 2.45) is 0 Å². The molecule has 0 bridgehead atoms. The quantitative estimate of drug-likeness (QED) is 0.559. The Labute approximate surface area is 170 Å². The second kappa shape index (κ2) is 8.23. The summed E-state index contributed by atoms with van der Waals surface area (Å²) in [5, 5.41) is 6.96. The van der Waals surface area contributed by atoms with Crippen molar-refractivity contribution in [3.63, 3.8) is 0 Å². The van der Waals surface area contributed by atoms with Crippen LogP contribution in [0, 0.1) is 6.92 Å². The largest absolute Gasteiger partial charge is 0.446 e. The molecule has 1 aromatic carbocycles. The number of sulfone groups is 1. The summed E-state index contributed by atoms with van der Waals surface area (Å²) >= 11 is -0.205. The molecule has 6 nitrogen and oxygen atoms in total. The average molecular weight is 445 g/mol. The van der Waals surface area contributed by atoms with Crippen molar-refractivity contribution in [2.45, 2.75) is 29.8 Å². The summed E-state index contributed by atoms with van der Waals surface area (Å²) in [7, 11) is -3.10. The molecule has 1 amide bonds. The molecule has 0 unspecified atom stereocenters. The highest BCUT2D eigenvalue weighted by molar-refractivity contribution is 8.00. The zero-order valence-electron chi connectivity index (χ0n) is 15.3. The number of amides is 1. The third-order valence-corrected chi connectivity index (χ3v) is 6.69. The maximum absolute atomic E-state index is 12.3. The number of alkyl halides is 3. The van der Waals surface area contributed by atoms with E-state index >= 15 is 0 Å². The molecule has 2 heterocycles. The number of carbonyl (C=O) groups is 1. The molecule has 11 heteroatoms. The standard InChI is InChI=1S/C18H18F3N3O3S2/c1-12-10-16(24(23-12)14-8-9-29(26,27)11-14)22-17(25)7-4-13-2-5-15(6-3-13)28-18(19,20)21/h2-7,10,14H,8-9,11H2,1H3,(H,22,25)/b7-4+/t14-/m1/s1. The molecule has 1 N–H and O–H groups in total. The Morgan fingerprint density at radius 3 is 2.59 bits per heavy atom. The van der Waals surface area contributed by atoms with E-state index < -0.39 is 21.3 Å². The Morgan fingerprint density at radius 2 is 2.00 bits per heavy atom. The first-order valence-electron chi connectivity index (χ1n) is 8.62. The zero-order valence-corrected chi connectivity index (χ0v) is 16.9. The van der Waals surface area contributed by atoms with E-state index in [1.807, 2.05) is 0 Å². The van der Waals surface area contributed by atoms with Gasteiger partial charge in [-0.2, -0.15) is 18.3 Å². The summed E-state index contributed by atoms with van der Waals surface area (Å²) in [5.41, 5.74) is -3.14. The van der Waals surface area contributed by atoms with Crippen molar-refractivity contribution in [2.75, 3.05) is 16.8 Å². The fourth-order valence-electron chi connectivity index (χ4n) is 2.98. The Kier molecular flexibility index (Phi) is 6.08. The summed E-state index contributed by atoms with van der Waals surface area (Å²) < 4.78 is 62.0. The van der Waals surface area contributed by atoms with Crippen LogP contribution < -0.4 is 5.32 Å². The molecule has 1 saturated heterocycles. The molecule has 29 heavy (non-hydrogen) atoms. The van der Waals surface area contributed by atoms with Gasteiger partial charge in [0.25, 0.3) is 0 Å². The molecule has 1 fully saturated rings. The highest BCUT2D eigenvalue weighted by Gasteiger charge is 2.31. The van der Waals surface area contributed by atoms with Crippen LogP contribution in [0.15, 0.2) is 41.3 Å². The van der Waals surface area contributed by atoms with Crippen LogP contribution in [0.4, 0.5) is 19.0 Å². The van der Waals surface area contributed by atoms with E-state index in [0.29, 0.717) is 23.5 Å². The number of nitrogens with zero attached hydrogens (tertiary/aromatic N) is 2. The predicted molar refractivity (Wildman–Crippen MR) is 105 cm³/mol. The van der Waals surface area contributed by atoms with Gasteiger partial charge < -0.3 is 5.32 Å². The molecular weight excluding hydrogens is 427 g/mol. The molecular formula is C18H18F3N3O3S2. The van der Waals surface area contributed by atoms with Crippen molar-refractivity contribution >= 4 is 39.4 Å². The fourth-order valence-corrected chi connectivity index (χ4v) is 5.21. The van der Waals surface area contributed by atoms with Gasteiger partial charge in [0.2, 0.25) is 5.91 Å². The first kappa shape index (κ1) is 21.4. The van der Waals surface area contributed by atoms with Gasteiger partial charge in [0.05, 0.1) is 23.2 Å². The zero-order chi connectivity index (χ0) is 21.2. The molecule has 0 radical (unpaired) electrons. The first-order valence-corrected chi connectivity index (χ1v) is 11.3. The van der Waals surface area contributed by atoms with Gasteiger partial charge in [0.15, 0.2) is 9.84 Å². The van der Waals surface area contributed by atoms with Crippen LogP contribution in [-0.4, -0.2) is 41.1 Å². The lowest BCUT2D eigenvalue weighted by Crippen LogP contribution is -2.18. The highest BCUT2D eigenvalue weighted by Crippen LogP contribution is 2.36. The molecule has 2 aromatic rings. The second-order valence-corrected chi connectivity index (χ2v) is 9.98. The first-order chi connectivity index (χ1) is 13.5. The second-order valence-electron chi connectivity index (χ2n) is 6.61. The molecule has 0 aliphatic carbocycles. The number of rotatable bonds is 5. The fraction of sp³-hybridized carbons (Fsp3) is 0.333. The third kappa shape index (κ3) is 6.10. The summed E-state index contributed by atoms with van der Waals surface area (Å²) in [6, 6.07) is 6.95. The summed E-state index contributed by atoms with van der Waals surface area (Å²) in [5.74, 6) is 0.0126. The number of benzene rings is 1. The van der Waals surface area contributed by atoms with E-state index in [-0.39, 0.29) is 34.2 Å². The van der Waals surface area contributed by atoms with E-state index in [1.165, 1.54) is 41.1 Å². The van der Waals surface area contributed by atoms with Gasteiger partial charge in [-0.15, -0.1) is 0 Å². The van der Waals surface area contributed by atoms with Gasteiger partial charge in [-0.05, 0) is 48.9 Å². The highest BCUT2D eigenvalue weighted by atomic mass is 32.2. The summed E-state index contributed by atoms with van der Waals surface area (Å²) in [6.45, 7) is 1.74. The Bertz CT molecular complexity index is 1030. The van der Waals surface area contributed by atoms with Crippen molar-refractivity contribution in [3.05, 3.63) is 47.7 Å². The lowest BCUT2D eigenvalue weighted by Gasteiger charge is -2.13. The number of hydrogen-bond acceptors (Lipinski definition) is 5. The third-order valence-electron chi connectivity index (χ3n) is 4.20. The van der Waals surface area contributed by atoms with Crippen LogP contribution in [0.25, 0.3) is 6.08 Å². The molecule has 0 saturated carbocycles. The van der Waals surface area contributed by atoms with Crippen LogP contribution in [0.1, 0.15) is 23.7 Å². The Balaban J connectivity index is 1.65. The van der Waals surface area contributed by atoms with Crippen LogP contribution >= 0.6 is 11.8 Å². The molecule has 3 rings (SSSR count). The minimum atomic E-state index is -4.35. The molecule has 1 atom stereocenters. The smallest absolute Gasteiger partial charge is 0.307 e. The minimum Gasteiger partial charge on any atom is -0.307 e. The number of anilines is 1. The van der Waals surface area contributed by atoms with E-state index in [0.717, 1.165) is 0 Å². The maximum Gasteiger partial charge on any atom is 0.446 e. The lowest BCUT2D eigenvalue weighted by atomic mass is 10.2. The van der Waals surface area contributed by atoms with Crippen LogP contribution in [0.5, 0.6) is 0 Å². The van der Waals surface area contributed by atoms with E-state index in [1.54, 1.807) is 13.0 Å². The van der Waals surface area contributed by atoms with Crippen LogP contribution in [0.2, 0.25) is 0 Å².